The molecule has 0 saturated heterocycles. The van der Waals surface area contributed by atoms with E-state index in [0.717, 1.165) is 17.2 Å². The van der Waals surface area contributed by atoms with Gasteiger partial charge in [-0.05, 0) is 30.2 Å². The fourth-order valence-corrected chi connectivity index (χ4v) is 4.12. The quantitative estimate of drug-likeness (QED) is 0.868. The van der Waals surface area contributed by atoms with Crippen molar-refractivity contribution < 1.29 is 9.59 Å². The van der Waals surface area contributed by atoms with Gasteiger partial charge in [-0.25, -0.2) is 5.01 Å². The normalized spacial score (nSPS) is 17.0. The second-order valence-corrected chi connectivity index (χ2v) is 7.54. The summed E-state index contributed by atoms with van der Waals surface area (Å²) in [6.45, 7) is 1.32. The number of amides is 2. The van der Waals surface area contributed by atoms with Crippen LogP contribution in [0.5, 0.6) is 0 Å². The summed E-state index contributed by atoms with van der Waals surface area (Å²) in [6, 6.07) is 10.1. The van der Waals surface area contributed by atoms with Crippen molar-refractivity contribution in [3.63, 3.8) is 0 Å². The molecule has 0 fully saturated rings. The molecule has 0 aromatic heterocycles. The van der Waals surface area contributed by atoms with Crippen LogP contribution >= 0.6 is 23.5 Å². The van der Waals surface area contributed by atoms with E-state index in [9.17, 15) is 9.59 Å². The van der Waals surface area contributed by atoms with Crippen LogP contribution in [-0.2, 0) is 16.0 Å². The molecular formula is C16H18N4O2S2. The Bertz CT molecular complexity index is 676. The van der Waals surface area contributed by atoms with Gasteiger partial charge in [0.05, 0.1) is 5.75 Å². The highest BCUT2D eigenvalue weighted by molar-refractivity contribution is 8.45. The van der Waals surface area contributed by atoms with Crippen LogP contribution in [0.3, 0.4) is 0 Å². The number of aliphatic imine (C=N–C) groups is 1. The number of hydrazone groups is 1. The number of amidine groups is 1. The van der Waals surface area contributed by atoms with Gasteiger partial charge in [0.25, 0.3) is 0 Å². The predicted molar refractivity (Wildman–Crippen MR) is 99.0 cm³/mol. The lowest BCUT2D eigenvalue weighted by Gasteiger charge is -2.08. The molecule has 1 aromatic carbocycles. The molecule has 0 radical (unpaired) electrons. The fourth-order valence-electron chi connectivity index (χ4n) is 2.29. The van der Waals surface area contributed by atoms with E-state index in [1.54, 1.807) is 5.01 Å². The zero-order valence-corrected chi connectivity index (χ0v) is 14.7. The minimum Gasteiger partial charge on any atom is -0.355 e. The second-order valence-electron chi connectivity index (χ2n) is 5.36. The third-order valence-corrected chi connectivity index (χ3v) is 5.57. The van der Waals surface area contributed by atoms with E-state index in [1.165, 1.54) is 29.1 Å². The lowest BCUT2D eigenvalue weighted by Crippen LogP contribution is -2.27. The number of hydrogen-bond donors (Lipinski definition) is 1. The van der Waals surface area contributed by atoms with Gasteiger partial charge in [0.1, 0.15) is 0 Å². The van der Waals surface area contributed by atoms with Crippen molar-refractivity contribution in [2.24, 2.45) is 10.1 Å². The monoisotopic (exact) mass is 362 g/mol. The van der Waals surface area contributed by atoms with Crippen molar-refractivity contribution in [1.82, 2.24) is 10.3 Å². The summed E-state index contributed by atoms with van der Waals surface area (Å²) in [5.41, 5.74) is 1.21. The summed E-state index contributed by atoms with van der Waals surface area (Å²) < 4.78 is 0.765. The van der Waals surface area contributed by atoms with Crippen molar-refractivity contribution in [2.75, 3.05) is 18.8 Å². The molecule has 0 saturated carbocycles. The SMILES string of the molecule is O=C1CCCN2N=C(SCC(=O)NCCc3ccccc3)SC2=N1. The number of benzene rings is 1. The van der Waals surface area contributed by atoms with Gasteiger partial charge in [0, 0.05) is 19.5 Å². The lowest BCUT2D eigenvalue weighted by molar-refractivity contribution is -0.119. The summed E-state index contributed by atoms with van der Waals surface area (Å²) >= 11 is 2.74. The molecule has 24 heavy (non-hydrogen) atoms. The standard InChI is InChI=1S/C16H18N4O2S2/c21-13-7-4-10-20-15(18-13)24-16(19-20)23-11-14(22)17-9-8-12-5-2-1-3-6-12/h1-3,5-6H,4,7-11H2,(H,17,22). The minimum absolute atomic E-state index is 0.0145. The van der Waals surface area contributed by atoms with Crippen LogP contribution in [0.15, 0.2) is 40.4 Å². The number of hydrogen-bond acceptors (Lipinski definition) is 6. The Labute approximate surface area is 149 Å². The number of nitrogens with zero attached hydrogens (tertiary/aromatic N) is 3. The first kappa shape index (κ1) is 17.0. The van der Waals surface area contributed by atoms with Gasteiger partial charge in [0.15, 0.2) is 9.54 Å². The first-order valence-corrected chi connectivity index (χ1v) is 9.60. The number of carbonyl (C=O) groups is 2. The van der Waals surface area contributed by atoms with Gasteiger partial charge >= 0.3 is 0 Å². The van der Waals surface area contributed by atoms with Gasteiger partial charge < -0.3 is 5.32 Å². The Morgan fingerprint density at radius 2 is 2.17 bits per heavy atom. The number of nitrogens with one attached hydrogen (secondary N) is 1. The highest BCUT2D eigenvalue weighted by Crippen LogP contribution is 2.29. The fraction of sp³-hybridized carbons (Fsp3) is 0.375. The van der Waals surface area contributed by atoms with Gasteiger partial charge in [-0.3, -0.25) is 9.59 Å². The molecule has 126 valence electrons. The topological polar surface area (TPSA) is 74.1 Å². The first-order chi connectivity index (χ1) is 11.7. The van der Waals surface area contributed by atoms with E-state index in [0.29, 0.717) is 30.4 Å². The van der Waals surface area contributed by atoms with Gasteiger partial charge in [-0.1, -0.05) is 42.1 Å². The van der Waals surface area contributed by atoms with E-state index in [4.69, 9.17) is 0 Å². The molecule has 0 unspecified atom stereocenters. The van der Waals surface area contributed by atoms with E-state index in [-0.39, 0.29) is 11.8 Å². The highest BCUT2D eigenvalue weighted by atomic mass is 32.2. The van der Waals surface area contributed by atoms with Crippen LogP contribution in [0.1, 0.15) is 18.4 Å². The third kappa shape index (κ3) is 4.85. The summed E-state index contributed by atoms with van der Waals surface area (Å²) in [6.07, 6.45) is 2.05. The molecule has 0 spiro atoms. The molecule has 2 amide bonds. The van der Waals surface area contributed by atoms with Crippen LogP contribution in [0.4, 0.5) is 0 Å². The zero-order chi connectivity index (χ0) is 16.8. The molecule has 2 aliphatic rings. The Morgan fingerprint density at radius 3 is 3.00 bits per heavy atom. The van der Waals surface area contributed by atoms with E-state index < -0.39 is 0 Å². The van der Waals surface area contributed by atoms with Crippen LogP contribution in [0, 0.1) is 0 Å². The highest BCUT2D eigenvalue weighted by Gasteiger charge is 2.26. The van der Waals surface area contributed by atoms with Crippen molar-refractivity contribution in [3.05, 3.63) is 35.9 Å². The molecule has 8 heteroatoms. The van der Waals surface area contributed by atoms with Crippen molar-refractivity contribution in [1.29, 1.82) is 0 Å². The summed E-state index contributed by atoms with van der Waals surface area (Å²) in [7, 11) is 0. The molecule has 1 N–H and O–H groups in total. The Morgan fingerprint density at radius 1 is 1.33 bits per heavy atom. The molecule has 0 atom stereocenters. The maximum absolute atomic E-state index is 11.9. The van der Waals surface area contributed by atoms with Crippen molar-refractivity contribution in [3.8, 4) is 0 Å². The third-order valence-electron chi connectivity index (χ3n) is 3.49. The van der Waals surface area contributed by atoms with Gasteiger partial charge in [-0.15, -0.1) is 0 Å². The van der Waals surface area contributed by atoms with Gasteiger partial charge in [-0.2, -0.15) is 10.1 Å². The van der Waals surface area contributed by atoms with Crippen LogP contribution < -0.4 is 5.32 Å². The number of fused-ring (bicyclic) bond motifs is 1. The van der Waals surface area contributed by atoms with E-state index >= 15 is 0 Å². The first-order valence-electron chi connectivity index (χ1n) is 7.79. The molecule has 2 heterocycles. The Balaban J connectivity index is 1.40. The summed E-state index contributed by atoms with van der Waals surface area (Å²) in [5, 5.41) is 9.71. The summed E-state index contributed by atoms with van der Waals surface area (Å²) in [5.74, 6) is 0.204. The second kappa shape index (κ2) is 8.34. The molecule has 3 rings (SSSR count). The van der Waals surface area contributed by atoms with Crippen LogP contribution in [-0.4, -0.2) is 45.2 Å². The number of carbonyl (C=O) groups excluding carboxylic acids is 2. The molecule has 2 aliphatic heterocycles. The van der Waals surface area contributed by atoms with Crippen molar-refractivity contribution >= 4 is 44.9 Å². The molecular weight excluding hydrogens is 344 g/mol. The number of rotatable bonds is 5. The van der Waals surface area contributed by atoms with E-state index in [1.807, 2.05) is 30.3 Å². The smallest absolute Gasteiger partial charge is 0.248 e. The number of thioether (sulfide) groups is 2. The average Bonchev–Trinajstić information content (AvgIpc) is 2.87. The maximum atomic E-state index is 11.9. The van der Waals surface area contributed by atoms with Crippen LogP contribution in [0.2, 0.25) is 0 Å². The lowest BCUT2D eigenvalue weighted by atomic mass is 10.1. The van der Waals surface area contributed by atoms with Crippen LogP contribution in [0.25, 0.3) is 0 Å². The molecule has 0 aliphatic carbocycles. The molecule has 6 nitrogen and oxygen atoms in total. The average molecular weight is 362 g/mol. The Kier molecular flexibility index (Phi) is 5.92. The van der Waals surface area contributed by atoms with E-state index in [2.05, 4.69) is 15.4 Å². The zero-order valence-electron chi connectivity index (χ0n) is 13.1. The van der Waals surface area contributed by atoms with Gasteiger partial charge in [0.2, 0.25) is 11.8 Å². The van der Waals surface area contributed by atoms with Crippen molar-refractivity contribution in [2.45, 2.75) is 19.3 Å². The predicted octanol–water partition coefficient (Wildman–Crippen LogP) is 2.07. The largest absolute Gasteiger partial charge is 0.355 e. The minimum atomic E-state index is -0.0971. The Hall–Kier alpha value is -1.80. The molecule has 1 aromatic rings. The summed E-state index contributed by atoms with van der Waals surface area (Å²) in [4.78, 5) is 27.4. The molecule has 0 bridgehead atoms. The maximum Gasteiger partial charge on any atom is 0.248 e.